The molecule has 5 heavy (non-hydrogen) atoms. The number of hydrogen-bond donors (Lipinski definition) is 0. The van der Waals surface area contributed by atoms with E-state index in [1.54, 1.807) is 13.3 Å². The molecule has 1 rings (SSSR count). The van der Waals surface area contributed by atoms with Crippen LogP contribution in [0.25, 0.3) is 0 Å². The molecule has 0 fully saturated rings. The zero-order valence-corrected chi connectivity index (χ0v) is 2.72. The predicted octanol–water partition coefficient (Wildman–Crippen LogP) is -0.0442. The first-order valence-corrected chi connectivity index (χ1v) is 1.47. The van der Waals surface area contributed by atoms with Crippen molar-refractivity contribution in [1.82, 2.24) is 0 Å². The second-order valence-electron chi connectivity index (χ2n) is 0.793. The summed E-state index contributed by atoms with van der Waals surface area (Å²) in [6, 6.07) is 0. The Hall–Kier alpha value is -0.330. The van der Waals surface area contributed by atoms with Gasteiger partial charge in [0.05, 0.1) is 0 Å². The van der Waals surface area contributed by atoms with Gasteiger partial charge < -0.3 is 0 Å². The fourth-order valence-electron chi connectivity index (χ4n) is 0.227. The van der Waals surface area contributed by atoms with Crippen LogP contribution in [0.5, 0.6) is 0 Å². The molecule has 0 N–H and O–H groups in total. The van der Waals surface area contributed by atoms with Crippen LogP contribution in [0.15, 0.2) is 16.6 Å². The molecule has 0 radical (unpaired) electrons. The molecule has 3 heteroatoms. The van der Waals surface area contributed by atoms with Crippen molar-refractivity contribution in [2.24, 2.45) is 0 Å². The van der Waals surface area contributed by atoms with Gasteiger partial charge in [-0.2, -0.15) is 0 Å². The third-order valence-corrected chi connectivity index (χ3v) is 0.425. The molecule has 0 atom stereocenters. The van der Waals surface area contributed by atoms with Crippen molar-refractivity contribution >= 4 is 13.8 Å². The molecule has 0 aliphatic carbocycles. The zero-order chi connectivity index (χ0) is 3.54. The third kappa shape index (κ3) is 0.469. The molecule has 1 aromatic heterocycles. The minimum absolute atomic E-state index is 1.62. The third-order valence-electron chi connectivity index (χ3n) is 0.425. The molecule has 0 bridgehead atoms. The maximum absolute atomic E-state index is 4.58. The Morgan fingerprint density at radius 3 is 2.80 bits per heavy atom. The van der Waals surface area contributed by atoms with Crippen molar-refractivity contribution in [3.8, 4) is 0 Å². The fraction of sp³-hybridized carbons (Fsp3) is 0. The van der Waals surface area contributed by atoms with Crippen molar-refractivity contribution < 1.29 is 4.33 Å². The fourth-order valence-corrected chi connectivity index (χ4v) is 0.227. The summed E-state index contributed by atoms with van der Waals surface area (Å²) in [5.41, 5.74) is 0. The van der Waals surface area contributed by atoms with E-state index in [1.807, 2.05) is 12.8 Å². The predicted molar refractivity (Wildman–Crippen MR) is 21.4 cm³/mol. The Balaban J connectivity index is 3.13. The number of rotatable bonds is 0. The van der Waals surface area contributed by atoms with Crippen LogP contribution in [0.1, 0.15) is 0 Å². The Morgan fingerprint density at radius 1 is 1.60 bits per heavy atom. The zero-order valence-electron chi connectivity index (χ0n) is 2.72. The summed E-state index contributed by atoms with van der Waals surface area (Å²) in [5.74, 6) is 1.83. The summed E-state index contributed by atoms with van der Waals surface area (Å²) in [7, 11) is 1.62. The van der Waals surface area contributed by atoms with E-state index in [0.29, 0.717) is 0 Å². The SMILES string of the molecule is b1bocc1. The van der Waals surface area contributed by atoms with Crippen molar-refractivity contribution in [2.75, 3.05) is 0 Å². The Morgan fingerprint density at radius 2 is 2.60 bits per heavy atom. The molecule has 0 aliphatic rings. The van der Waals surface area contributed by atoms with Crippen LogP contribution in [0, 0.1) is 0 Å². The van der Waals surface area contributed by atoms with E-state index in [4.69, 9.17) is 0 Å². The van der Waals surface area contributed by atoms with E-state index in [9.17, 15) is 0 Å². The molecule has 0 aliphatic heterocycles. The van der Waals surface area contributed by atoms with Crippen LogP contribution >= 0.6 is 0 Å². The Bertz CT molecular complexity index is 64.1. The quantitative estimate of drug-likeness (QED) is 0.412. The molecular weight excluding hydrogens is 61.6 g/mol. The summed E-state index contributed by atoms with van der Waals surface area (Å²) in [5, 5.41) is 0. The molecule has 22 valence electrons. The average Bonchev–Trinajstić information content (AvgIpc) is 1.76. The monoisotopic (exact) mass is 64.0 g/mol. The van der Waals surface area contributed by atoms with Gasteiger partial charge in [-0.25, -0.2) is 0 Å². The van der Waals surface area contributed by atoms with E-state index in [0.717, 1.165) is 0 Å². The maximum atomic E-state index is 4.58. The molecule has 0 saturated heterocycles. The van der Waals surface area contributed by atoms with Gasteiger partial charge in [-0.05, 0) is 0 Å². The first-order valence-electron chi connectivity index (χ1n) is 1.47. The van der Waals surface area contributed by atoms with Gasteiger partial charge in [0.15, 0.2) is 0 Å². The van der Waals surface area contributed by atoms with Crippen molar-refractivity contribution in [3.05, 3.63) is 12.2 Å². The molecule has 1 nitrogen and oxygen atoms in total. The van der Waals surface area contributed by atoms with Gasteiger partial charge >= 0.3 is 30.4 Å². The first-order chi connectivity index (χ1) is 2.50. The molecule has 0 amide bonds. The average molecular weight is 63.7 g/mol. The topological polar surface area (TPSA) is 13.1 Å². The Labute approximate surface area is 31.4 Å². The van der Waals surface area contributed by atoms with Crippen molar-refractivity contribution in [3.63, 3.8) is 0 Å². The molecule has 1 aromatic rings. The second kappa shape index (κ2) is 1.20. The molecular formula is C2H2B2O. The van der Waals surface area contributed by atoms with Gasteiger partial charge in [-0.3, -0.25) is 0 Å². The summed E-state index contributed by atoms with van der Waals surface area (Å²) in [4.78, 5) is 0. The van der Waals surface area contributed by atoms with Crippen LogP contribution in [-0.2, 0) is 0 Å². The molecule has 0 spiro atoms. The van der Waals surface area contributed by atoms with Crippen LogP contribution in [0.3, 0.4) is 0 Å². The Kier molecular flexibility index (Phi) is 0.692. The molecule has 1 heterocycles. The van der Waals surface area contributed by atoms with E-state index in [1.165, 1.54) is 0 Å². The van der Waals surface area contributed by atoms with Gasteiger partial charge in [0.2, 0.25) is 0 Å². The first kappa shape index (κ1) is 2.88. The molecule has 0 aromatic carbocycles. The van der Waals surface area contributed by atoms with Gasteiger partial charge in [0.25, 0.3) is 0 Å². The van der Waals surface area contributed by atoms with Gasteiger partial charge in [0.1, 0.15) is 0 Å². The van der Waals surface area contributed by atoms with E-state index in [2.05, 4.69) is 4.33 Å². The van der Waals surface area contributed by atoms with Gasteiger partial charge in [-0.1, -0.05) is 0 Å². The van der Waals surface area contributed by atoms with Crippen LogP contribution < -0.4 is 0 Å². The summed E-state index contributed by atoms with van der Waals surface area (Å²) in [6.07, 6.45) is 1.62. The standard InChI is InChI=1S/C2H2B2O/c1-2-5-4-3-1/h1-2H. The minimum atomic E-state index is 1.62. The van der Waals surface area contributed by atoms with Crippen LogP contribution in [0.4, 0.5) is 0 Å². The summed E-state index contributed by atoms with van der Waals surface area (Å²) < 4.78 is 4.58. The summed E-state index contributed by atoms with van der Waals surface area (Å²) >= 11 is 0. The van der Waals surface area contributed by atoms with E-state index >= 15 is 0 Å². The molecule has 0 unspecified atom stereocenters. The van der Waals surface area contributed by atoms with Crippen molar-refractivity contribution in [2.45, 2.75) is 0 Å². The van der Waals surface area contributed by atoms with Crippen LogP contribution in [0.2, 0.25) is 0 Å². The van der Waals surface area contributed by atoms with Gasteiger partial charge in [0, 0.05) is 0 Å². The van der Waals surface area contributed by atoms with E-state index < -0.39 is 0 Å². The number of hydrogen-bond acceptors (Lipinski definition) is 1. The normalized spacial score (nSPS) is 6.40. The van der Waals surface area contributed by atoms with E-state index in [-0.39, 0.29) is 0 Å². The van der Waals surface area contributed by atoms with Crippen LogP contribution in [-0.4, -0.2) is 13.8 Å². The molecule has 0 saturated carbocycles. The second-order valence-corrected chi connectivity index (χ2v) is 0.793. The summed E-state index contributed by atoms with van der Waals surface area (Å²) in [6.45, 7) is 1.83. The van der Waals surface area contributed by atoms with Crippen molar-refractivity contribution in [1.29, 1.82) is 0 Å². The van der Waals surface area contributed by atoms with Gasteiger partial charge in [-0.15, -0.1) is 0 Å².